The number of esters is 1. The van der Waals surface area contributed by atoms with E-state index in [0.29, 0.717) is 12.5 Å². The van der Waals surface area contributed by atoms with E-state index in [-0.39, 0.29) is 23.5 Å². The zero-order valence-corrected chi connectivity index (χ0v) is 17.7. The third-order valence-electron chi connectivity index (χ3n) is 6.28. The van der Waals surface area contributed by atoms with Crippen molar-refractivity contribution < 1.29 is 9.53 Å². The van der Waals surface area contributed by atoms with Crippen LogP contribution in [0.3, 0.4) is 0 Å². The third kappa shape index (κ3) is 3.62. The van der Waals surface area contributed by atoms with Gasteiger partial charge in [-0.1, -0.05) is 6.92 Å². The lowest BCUT2D eigenvalue weighted by Gasteiger charge is -2.34. The standard InChI is InChI=1S/C21H29N3O3S/c1-4-27-21(26)14-7-9-24(10-8-14)13(3)18-22-19(25)17-15-6-5-12(2)11-16(15)28-20(17)23-18/h12-14H,4-11H2,1-3H3,(H,22,23,25)/t12-,13-/m1/s1. The van der Waals surface area contributed by atoms with Gasteiger partial charge in [0.15, 0.2) is 0 Å². The first-order valence-electron chi connectivity index (χ1n) is 10.4. The molecule has 0 saturated carbocycles. The second kappa shape index (κ2) is 7.95. The number of aryl methyl sites for hydroxylation is 1. The van der Waals surface area contributed by atoms with Crippen LogP contribution in [0.4, 0.5) is 0 Å². The average Bonchev–Trinajstić information content (AvgIpc) is 3.05. The molecule has 0 radical (unpaired) electrons. The molecule has 1 aliphatic carbocycles. The zero-order valence-electron chi connectivity index (χ0n) is 16.9. The van der Waals surface area contributed by atoms with Gasteiger partial charge < -0.3 is 9.72 Å². The van der Waals surface area contributed by atoms with Gasteiger partial charge in [0.2, 0.25) is 0 Å². The molecule has 1 N–H and O–H groups in total. The Kier molecular flexibility index (Phi) is 5.56. The number of piperidine rings is 1. The molecule has 0 unspecified atom stereocenters. The van der Waals surface area contributed by atoms with Crippen molar-refractivity contribution in [3.8, 4) is 0 Å². The average molecular weight is 404 g/mol. The summed E-state index contributed by atoms with van der Waals surface area (Å²) in [6.45, 7) is 8.26. The molecule has 28 heavy (non-hydrogen) atoms. The topological polar surface area (TPSA) is 75.3 Å². The number of hydrogen-bond acceptors (Lipinski definition) is 6. The fraction of sp³-hybridized carbons (Fsp3) is 0.667. The molecular weight excluding hydrogens is 374 g/mol. The molecule has 0 spiro atoms. The molecule has 4 rings (SSSR count). The number of carbonyl (C=O) groups excluding carboxylic acids is 1. The molecule has 0 aromatic carbocycles. The van der Waals surface area contributed by atoms with E-state index in [1.165, 1.54) is 10.4 Å². The van der Waals surface area contributed by atoms with Crippen LogP contribution in [-0.2, 0) is 22.4 Å². The molecule has 1 fully saturated rings. The van der Waals surface area contributed by atoms with Crippen molar-refractivity contribution in [2.75, 3.05) is 19.7 Å². The summed E-state index contributed by atoms with van der Waals surface area (Å²) in [6, 6.07) is 0.0262. The summed E-state index contributed by atoms with van der Waals surface area (Å²) in [7, 11) is 0. The minimum absolute atomic E-state index is 0.000289. The lowest BCUT2D eigenvalue weighted by Crippen LogP contribution is -2.39. The van der Waals surface area contributed by atoms with Gasteiger partial charge in [0.25, 0.3) is 5.56 Å². The quantitative estimate of drug-likeness (QED) is 0.792. The monoisotopic (exact) mass is 403 g/mol. The highest BCUT2D eigenvalue weighted by molar-refractivity contribution is 7.18. The number of nitrogens with one attached hydrogen (secondary N) is 1. The number of aromatic amines is 1. The Morgan fingerprint density at radius 1 is 1.36 bits per heavy atom. The van der Waals surface area contributed by atoms with E-state index in [0.717, 1.165) is 61.2 Å². The molecule has 7 heteroatoms. The van der Waals surface area contributed by atoms with Crippen molar-refractivity contribution in [2.45, 2.75) is 58.9 Å². The van der Waals surface area contributed by atoms with Crippen LogP contribution >= 0.6 is 11.3 Å². The van der Waals surface area contributed by atoms with Gasteiger partial charge in [0.05, 0.1) is 24.0 Å². The van der Waals surface area contributed by atoms with Crippen LogP contribution in [0.5, 0.6) is 0 Å². The number of thiophene rings is 1. The summed E-state index contributed by atoms with van der Waals surface area (Å²) in [5.41, 5.74) is 1.22. The normalized spacial score (nSPS) is 22.2. The Bertz CT molecular complexity index is 927. The highest BCUT2D eigenvalue weighted by atomic mass is 32.1. The second-order valence-electron chi connectivity index (χ2n) is 8.22. The summed E-state index contributed by atoms with van der Waals surface area (Å²) in [4.78, 5) is 37.2. The van der Waals surface area contributed by atoms with Gasteiger partial charge in [-0.3, -0.25) is 14.5 Å². The highest BCUT2D eigenvalue weighted by Gasteiger charge is 2.30. The van der Waals surface area contributed by atoms with Crippen LogP contribution in [-0.4, -0.2) is 40.5 Å². The number of H-pyrrole nitrogens is 1. The van der Waals surface area contributed by atoms with E-state index in [1.807, 2.05) is 6.92 Å². The second-order valence-corrected chi connectivity index (χ2v) is 9.30. The van der Waals surface area contributed by atoms with Crippen LogP contribution in [0.2, 0.25) is 0 Å². The number of rotatable bonds is 4. The van der Waals surface area contributed by atoms with Crippen molar-refractivity contribution in [1.29, 1.82) is 0 Å². The molecule has 0 bridgehead atoms. The van der Waals surface area contributed by atoms with Crippen molar-refractivity contribution in [1.82, 2.24) is 14.9 Å². The molecule has 3 heterocycles. The van der Waals surface area contributed by atoms with Gasteiger partial charge >= 0.3 is 5.97 Å². The minimum Gasteiger partial charge on any atom is -0.466 e. The van der Waals surface area contributed by atoms with Crippen LogP contribution < -0.4 is 5.56 Å². The highest BCUT2D eigenvalue weighted by Crippen LogP contribution is 2.36. The van der Waals surface area contributed by atoms with Crippen LogP contribution in [0.1, 0.15) is 62.3 Å². The SMILES string of the molecule is CCOC(=O)C1CCN([C@H](C)c2nc3sc4c(c3c(=O)[nH]2)CC[C@@H](C)C4)CC1. The van der Waals surface area contributed by atoms with Crippen molar-refractivity contribution in [2.24, 2.45) is 11.8 Å². The maximum atomic E-state index is 12.8. The maximum absolute atomic E-state index is 12.8. The Morgan fingerprint density at radius 2 is 2.11 bits per heavy atom. The smallest absolute Gasteiger partial charge is 0.309 e. The predicted octanol–water partition coefficient (Wildman–Crippen LogP) is 3.45. The number of fused-ring (bicyclic) bond motifs is 3. The Balaban J connectivity index is 1.53. The van der Waals surface area contributed by atoms with E-state index in [4.69, 9.17) is 9.72 Å². The number of aromatic nitrogens is 2. The Hall–Kier alpha value is -1.73. The lowest BCUT2D eigenvalue weighted by atomic mass is 9.89. The summed E-state index contributed by atoms with van der Waals surface area (Å²) < 4.78 is 5.16. The number of nitrogens with zero attached hydrogens (tertiary/aromatic N) is 2. The lowest BCUT2D eigenvalue weighted by molar-refractivity contribution is -0.149. The van der Waals surface area contributed by atoms with E-state index in [9.17, 15) is 9.59 Å². The Morgan fingerprint density at radius 3 is 2.82 bits per heavy atom. The minimum atomic E-state index is -0.0823. The summed E-state index contributed by atoms with van der Waals surface area (Å²) in [5, 5.41) is 0.809. The molecule has 2 aromatic rings. The summed E-state index contributed by atoms with van der Waals surface area (Å²) in [6.07, 6.45) is 4.77. The van der Waals surface area contributed by atoms with Crippen LogP contribution in [0.15, 0.2) is 4.79 Å². The number of hydrogen-bond donors (Lipinski definition) is 1. The van der Waals surface area contributed by atoms with Crippen molar-refractivity contribution in [3.05, 3.63) is 26.6 Å². The summed E-state index contributed by atoms with van der Waals surface area (Å²) in [5.74, 6) is 1.32. The molecule has 1 aliphatic heterocycles. The van der Waals surface area contributed by atoms with Gasteiger partial charge in [-0.25, -0.2) is 4.98 Å². The molecule has 2 aliphatic rings. The van der Waals surface area contributed by atoms with E-state index >= 15 is 0 Å². The molecule has 1 saturated heterocycles. The molecule has 6 nitrogen and oxygen atoms in total. The fourth-order valence-corrected chi connectivity index (χ4v) is 5.91. The molecule has 2 atom stereocenters. The first kappa shape index (κ1) is 19.6. The number of ether oxygens (including phenoxy) is 1. The van der Waals surface area contributed by atoms with E-state index in [2.05, 4.69) is 23.7 Å². The number of likely N-dealkylation sites (tertiary alicyclic amines) is 1. The van der Waals surface area contributed by atoms with E-state index in [1.54, 1.807) is 11.3 Å². The molecule has 0 amide bonds. The zero-order chi connectivity index (χ0) is 19.8. The first-order valence-corrected chi connectivity index (χ1v) is 11.2. The van der Waals surface area contributed by atoms with Gasteiger partial charge in [-0.05, 0) is 70.5 Å². The number of carbonyl (C=O) groups is 1. The first-order chi connectivity index (χ1) is 13.5. The fourth-order valence-electron chi connectivity index (χ4n) is 4.52. The van der Waals surface area contributed by atoms with Gasteiger partial charge in [-0.2, -0.15) is 0 Å². The van der Waals surface area contributed by atoms with E-state index < -0.39 is 0 Å². The molecule has 152 valence electrons. The van der Waals surface area contributed by atoms with Crippen molar-refractivity contribution in [3.63, 3.8) is 0 Å². The maximum Gasteiger partial charge on any atom is 0.309 e. The molecular formula is C21H29N3O3S. The Labute approximate surface area is 169 Å². The van der Waals surface area contributed by atoms with Crippen LogP contribution in [0.25, 0.3) is 10.2 Å². The third-order valence-corrected chi connectivity index (χ3v) is 7.42. The largest absolute Gasteiger partial charge is 0.466 e. The van der Waals surface area contributed by atoms with Crippen LogP contribution in [0, 0.1) is 11.8 Å². The summed E-state index contributed by atoms with van der Waals surface area (Å²) >= 11 is 1.69. The molecule has 2 aromatic heterocycles. The predicted molar refractivity (Wildman–Crippen MR) is 111 cm³/mol. The van der Waals surface area contributed by atoms with Gasteiger partial charge in [-0.15, -0.1) is 11.3 Å². The van der Waals surface area contributed by atoms with Gasteiger partial charge in [0.1, 0.15) is 10.7 Å². The van der Waals surface area contributed by atoms with Crippen molar-refractivity contribution >= 4 is 27.5 Å². The van der Waals surface area contributed by atoms with Gasteiger partial charge in [0, 0.05) is 4.88 Å².